The number of pyridine rings is 1. The number of ether oxygens (including phenoxy) is 1. The molecular formula is C11H13IN2O2. The van der Waals surface area contributed by atoms with Gasteiger partial charge in [0.15, 0.2) is 18.5 Å². The van der Waals surface area contributed by atoms with Crippen molar-refractivity contribution in [3.05, 3.63) is 30.1 Å². The van der Waals surface area contributed by atoms with Crippen molar-refractivity contribution in [1.82, 2.24) is 0 Å². The maximum atomic E-state index is 5.38. The first-order valence-corrected chi connectivity index (χ1v) is 5.12. The molecule has 3 rings (SSSR count). The van der Waals surface area contributed by atoms with E-state index in [0.717, 1.165) is 17.9 Å². The predicted molar refractivity (Wildman–Crippen MR) is 53.3 cm³/mol. The van der Waals surface area contributed by atoms with Crippen molar-refractivity contribution in [3.63, 3.8) is 0 Å². The lowest BCUT2D eigenvalue weighted by molar-refractivity contribution is -0.671. The first-order valence-electron chi connectivity index (χ1n) is 5.12. The van der Waals surface area contributed by atoms with Crippen molar-refractivity contribution >= 4 is 5.71 Å². The summed E-state index contributed by atoms with van der Waals surface area (Å²) in [5, 5.41) is 4.15. The number of oxime groups is 1. The number of aryl methyl sites for hydroxylation is 1. The summed E-state index contributed by atoms with van der Waals surface area (Å²) in [5.74, 6) is 0.312. The number of fused-ring (bicyclic) bond motifs is 1. The van der Waals surface area contributed by atoms with E-state index in [4.69, 9.17) is 9.57 Å². The van der Waals surface area contributed by atoms with Gasteiger partial charge in [0.2, 0.25) is 0 Å². The summed E-state index contributed by atoms with van der Waals surface area (Å²) in [7, 11) is 2.00. The largest absolute Gasteiger partial charge is 1.00 e. The summed E-state index contributed by atoms with van der Waals surface area (Å²) in [6.45, 7) is 1.39. The van der Waals surface area contributed by atoms with Crippen LogP contribution in [0.25, 0.3) is 0 Å². The highest BCUT2D eigenvalue weighted by atomic mass is 127. The van der Waals surface area contributed by atoms with Crippen molar-refractivity contribution < 1.29 is 38.1 Å². The zero-order chi connectivity index (χ0) is 10.3. The zero-order valence-corrected chi connectivity index (χ0v) is 11.1. The Labute approximate surface area is 111 Å². The van der Waals surface area contributed by atoms with Crippen LogP contribution in [0.1, 0.15) is 5.56 Å². The monoisotopic (exact) mass is 332 g/mol. The number of hydrogen-bond donors (Lipinski definition) is 0. The Bertz CT molecular complexity index is 422. The highest BCUT2D eigenvalue weighted by molar-refractivity contribution is 6.02. The average molecular weight is 332 g/mol. The summed E-state index contributed by atoms with van der Waals surface area (Å²) < 4.78 is 7.40. The molecule has 0 radical (unpaired) electrons. The van der Waals surface area contributed by atoms with E-state index < -0.39 is 0 Å². The third kappa shape index (κ3) is 1.93. The van der Waals surface area contributed by atoms with E-state index in [-0.39, 0.29) is 30.1 Å². The lowest BCUT2D eigenvalue weighted by Crippen LogP contribution is -3.00. The standard InChI is InChI=1S/C11H13N2O2.HI/c1-13-4-2-3-8(5-13)11-9-6-14-7-10(9)15-12-11;/h2-5,9-10H,6-7H2,1H3;1H/q+1;/p-1. The molecule has 3 heterocycles. The lowest BCUT2D eigenvalue weighted by atomic mass is 9.96. The van der Waals surface area contributed by atoms with Crippen LogP contribution in [-0.4, -0.2) is 25.0 Å². The highest BCUT2D eigenvalue weighted by Gasteiger charge is 2.40. The molecule has 0 aliphatic carbocycles. The van der Waals surface area contributed by atoms with Crippen molar-refractivity contribution in [2.75, 3.05) is 13.2 Å². The summed E-state index contributed by atoms with van der Waals surface area (Å²) >= 11 is 0. The second kappa shape index (κ2) is 4.67. The molecule has 0 amide bonds. The number of hydrogen-bond acceptors (Lipinski definition) is 3. The zero-order valence-electron chi connectivity index (χ0n) is 8.97. The quantitative estimate of drug-likeness (QED) is 0.413. The normalized spacial score (nSPS) is 26.7. The fourth-order valence-corrected chi connectivity index (χ4v) is 2.09. The Morgan fingerprint density at radius 1 is 1.44 bits per heavy atom. The van der Waals surface area contributed by atoms with E-state index in [0.29, 0.717) is 12.5 Å². The van der Waals surface area contributed by atoms with Crippen LogP contribution < -0.4 is 28.5 Å². The Hall–Kier alpha value is -0.690. The van der Waals surface area contributed by atoms with Gasteiger partial charge in [-0.2, -0.15) is 0 Å². The molecule has 2 aliphatic rings. The highest BCUT2D eigenvalue weighted by Crippen LogP contribution is 2.27. The van der Waals surface area contributed by atoms with Gasteiger partial charge in [-0.25, -0.2) is 4.57 Å². The van der Waals surface area contributed by atoms with Crippen molar-refractivity contribution in [3.8, 4) is 0 Å². The Morgan fingerprint density at radius 2 is 2.31 bits per heavy atom. The van der Waals surface area contributed by atoms with Crippen molar-refractivity contribution in [2.24, 2.45) is 18.1 Å². The van der Waals surface area contributed by atoms with E-state index in [1.54, 1.807) is 0 Å². The summed E-state index contributed by atoms with van der Waals surface area (Å²) in [5.41, 5.74) is 2.15. The predicted octanol–water partition coefficient (Wildman–Crippen LogP) is -2.74. The maximum Gasteiger partial charge on any atom is 0.177 e. The second-order valence-electron chi connectivity index (χ2n) is 4.02. The molecule has 1 aromatic heterocycles. The van der Waals surface area contributed by atoms with Gasteiger partial charge in [0.25, 0.3) is 0 Å². The molecule has 5 heteroatoms. The van der Waals surface area contributed by atoms with E-state index in [1.165, 1.54) is 0 Å². The second-order valence-corrected chi connectivity index (χ2v) is 4.02. The third-order valence-electron chi connectivity index (χ3n) is 2.90. The minimum absolute atomic E-state index is 0. The van der Waals surface area contributed by atoms with Crippen LogP contribution in [-0.2, 0) is 16.6 Å². The van der Waals surface area contributed by atoms with Gasteiger partial charge in [0, 0.05) is 6.07 Å². The molecule has 16 heavy (non-hydrogen) atoms. The van der Waals surface area contributed by atoms with Crippen LogP contribution >= 0.6 is 0 Å². The van der Waals surface area contributed by atoms with E-state index in [9.17, 15) is 0 Å². The van der Waals surface area contributed by atoms with Gasteiger partial charge in [-0.3, -0.25) is 0 Å². The molecule has 0 aromatic carbocycles. The molecular weight excluding hydrogens is 319 g/mol. The van der Waals surface area contributed by atoms with Crippen LogP contribution in [0.2, 0.25) is 0 Å². The van der Waals surface area contributed by atoms with Crippen molar-refractivity contribution in [1.29, 1.82) is 0 Å². The topological polar surface area (TPSA) is 34.7 Å². The minimum atomic E-state index is 0. The van der Waals surface area contributed by atoms with Crippen LogP contribution in [0, 0.1) is 5.92 Å². The van der Waals surface area contributed by atoms with Crippen molar-refractivity contribution in [2.45, 2.75) is 6.10 Å². The molecule has 2 unspecified atom stereocenters. The van der Waals surface area contributed by atoms with Gasteiger partial charge in [-0.15, -0.1) is 0 Å². The first-order chi connectivity index (χ1) is 7.34. The number of rotatable bonds is 1. The SMILES string of the molecule is C[n+]1cccc(C2=NOC3COCC23)c1.[I-]. The van der Waals surface area contributed by atoms with E-state index >= 15 is 0 Å². The Kier molecular flexibility index (Phi) is 3.44. The summed E-state index contributed by atoms with van der Waals surface area (Å²) in [4.78, 5) is 5.34. The molecule has 4 nitrogen and oxygen atoms in total. The fraction of sp³-hybridized carbons (Fsp3) is 0.455. The molecule has 0 N–H and O–H groups in total. The number of nitrogens with zero attached hydrogens (tertiary/aromatic N) is 2. The molecule has 2 aliphatic heterocycles. The maximum absolute atomic E-state index is 5.38. The van der Waals surface area contributed by atoms with Crippen LogP contribution in [0.15, 0.2) is 29.7 Å². The number of halogens is 1. The van der Waals surface area contributed by atoms with Gasteiger partial charge in [0.1, 0.15) is 12.8 Å². The van der Waals surface area contributed by atoms with Gasteiger partial charge in [0.05, 0.1) is 24.7 Å². The molecule has 0 saturated carbocycles. The number of aromatic nitrogens is 1. The molecule has 0 spiro atoms. The molecule has 2 atom stereocenters. The minimum Gasteiger partial charge on any atom is -1.00 e. The van der Waals surface area contributed by atoms with Crippen LogP contribution in [0.3, 0.4) is 0 Å². The summed E-state index contributed by atoms with van der Waals surface area (Å²) in [6, 6.07) is 4.07. The van der Waals surface area contributed by atoms with Crippen LogP contribution in [0.4, 0.5) is 0 Å². The van der Waals surface area contributed by atoms with Gasteiger partial charge in [-0.1, -0.05) is 5.16 Å². The molecule has 0 bridgehead atoms. The van der Waals surface area contributed by atoms with E-state index in [1.807, 2.05) is 23.9 Å². The molecule has 1 fully saturated rings. The Balaban J connectivity index is 0.000000963. The average Bonchev–Trinajstić information content (AvgIpc) is 2.77. The molecule has 1 saturated heterocycles. The Morgan fingerprint density at radius 3 is 3.12 bits per heavy atom. The van der Waals surface area contributed by atoms with Gasteiger partial charge >= 0.3 is 0 Å². The van der Waals surface area contributed by atoms with Crippen LogP contribution in [0.5, 0.6) is 0 Å². The lowest BCUT2D eigenvalue weighted by Gasteiger charge is -2.05. The molecule has 1 aromatic rings. The third-order valence-corrected chi connectivity index (χ3v) is 2.90. The van der Waals surface area contributed by atoms with Gasteiger partial charge in [-0.05, 0) is 6.07 Å². The smallest absolute Gasteiger partial charge is 0.177 e. The fourth-order valence-electron chi connectivity index (χ4n) is 2.09. The van der Waals surface area contributed by atoms with Gasteiger partial charge < -0.3 is 33.6 Å². The summed E-state index contributed by atoms with van der Waals surface area (Å²) in [6.07, 6.45) is 4.19. The molecule has 86 valence electrons. The van der Waals surface area contributed by atoms with E-state index in [2.05, 4.69) is 17.4 Å². The first kappa shape index (κ1) is 11.8.